The third-order valence-corrected chi connectivity index (χ3v) is 4.07. The van der Waals surface area contributed by atoms with E-state index in [-0.39, 0.29) is 11.5 Å². The second-order valence-corrected chi connectivity index (χ2v) is 6.81. The van der Waals surface area contributed by atoms with Gasteiger partial charge in [0.15, 0.2) is 0 Å². The van der Waals surface area contributed by atoms with E-state index in [1.807, 2.05) is 12.1 Å². The van der Waals surface area contributed by atoms with Crippen molar-refractivity contribution in [1.29, 1.82) is 0 Å². The molecule has 0 spiro atoms. The van der Waals surface area contributed by atoms with Gasteiger partial charge in [-0.15, -0.1) is 0 Å². The highest BCUT2D eigenvalue weighted by Gasteiger charge is 2.22. The fraction of sp³-hybridized carbons (Fsp3) is 0.421. The van der Waals surface area contributed by atoms with E-state index in [0.717, 1.165) is 24.4 Å². The molecule has 2 nitrogen and oxygen atoms in total. The van der Waals surface area contributed by atoms with Crippen LogP contribution >= 0.6 is 0 Å². The van der Waals surface area contributed by atoms with Crippen molar-refractivity contribution in [3.63, 3.8) is 0 Å². The molecule has 0 aliphatic heterocycles. The van der Waals surface area contributed by atoms with Crippen molar-refractivity contribution < 1.29 is 4.74 Å². The smallest absolute Gasteiger partial charge is 0.214 e. The number of rotatable bonds is 2. The zero-order valence-corrected chi connectivity index (χ0v) is 13.1. The number of hydrogen-bond donors (Lipinski definition) is 0. The van der Waals surface area contributed by atoms with Crippen LogP contribution in [-0.2, 0) is 11.8 Å². The molecular weight excluding hydrogens is 258 g/mol. The van der Waals surface area contributed by atoms with Gasteiger partial charge in [-0.1, -0.05) is 51.1 Å². The van der Waals surface area contributed by atoms with Gasteiger partial charge in [-0.05, 0) is 36.5 Å². The molecule has 0 radical (unpaired) electrons. The maximum atomic E-state index is 6.21. The zero-order chi connectivity index (χ0) is 14.9. The molecule has 2 aromatic rings. The van der Waals surface area contributed by atoms with Crippen molar-refractivity contribution in [3.8, 4) is 5.88 Å². The lowest BCUT2D eigenvalue weighted by Gasteiger charge is -2.26. The van der Waals surface area contributed by atoms with Crippen molar-refractivity contribution in [2.24, 2.45) is 0 Å². The van der Waals surface area contributed by atoms with E-state index in [0.29, 0.717) is 0 Å². The molecule has 1 unspecified atom stereocenters. The Morgan fingerprint density at radius 1 is 1.05 bits per heavy atom. The van der Waals surface area contributed by atoms with Crippen LogP contribution in [0.15, 0.2) is 42.5 Å². The van der Waals surface area contributed by atoms with E-state index in [9.17, 15) is 0 Å². The Labute approximate surface area is 127 Å². The number of aromatic nitrogens is 1. The van der Waals surface area contributed by atoms with Gasteiger partial charge in [0, 0.05) is 17.2 Å². The van der Waals surface area contributed by atoms with Gasteiger partial charge in [0.25, 0.3) is 0 Å². The van der Waals surface area contributed by atoms with Crippen molar-refractivity contribution in [2.75, 3.05) is 0 Å². The van der Waals surface area contributed by atoms with Crippen molar-refractivity contribution in [1.82, 2.24) is 4.98 Å². The van der Waals surface area contributed by atoms with Gasteiger partial charge in [0.1, 0.15) is 6.10 Å². The summed E-state index contributed by atoms with van der Waals surface area (Å²) in [6, 6.07) is 14.7. The van der Waals surface area contributed by atoms with Gasteiger partial charge in [0.05, 0.1) is 0 Å². The lowest BCUT2D eigenvalue weighted by Crippen LogP contribution is -2.17. The van der Waals surface area contributed by atoms with E-state index in [4.69, 9.17) is 4.74 Å². The quantitative estimate of drug-likeness (QED) is 0.786. The van der Waals surface area contributed by atoms with Crippen LogP contribution < -0.4 is 4.74 Å². The van der Waals surface area contributed by atoms with Crippen LogP contribution in [0.25, 0.3) is 0 Å². The van der Waals surface area contributed by atoms with E-state index < -0.39 is 0 Å². The van der Waals surface area contributed by atoms with Crippen molar-refractivity contribution in [3.05, 3.63) is 59.3 Å². The van der Waals surface area contributed by atoms with Gasteiger partial charge in [-0.25, -0.2) is 4.98 Å². The van der Waals surface area contributed by atoms with Crippen LogP contribution in [0.4, 0.5) is 0 Å². The van der Waals surface area contributed by atoms with Crippen LogP contribution in [0, 0.1) is 0 Å². The van der Waals surface area contributed by atoms with Crippen LogP contribution in [0.5, 0.6) is 5.88 Å². The lowest BCUT2D eigenvalue weighted by molar-refractivity contribution is 0.175. The molecule has 0 N–H and O–H groups in total. The number of aryl methyl sites for hydroxylation is 1. The van der Waals surface area contributed by atoms with Crippen LogP contribution in [0.3, 0.4) is 0 Å². The Bertz CT molecular complexity index is 627. The van der Waals surface area contributed by atoms with Crippen LogP contribution in [0.1, 0.15) is 56.5 Å². The first-order chi connectivity index (χ1) is 10.0. The second kappa shape index (κ2) is 5.51. The molecule has 1 aromatic heterocycles. The Balaban J connectivity index is 1.85. The van der Waals surface area contributed by atoms with Crippen molar-refractivity contribution in [2.45, 2.75) is 51.6 Å². The lowest BCUT2D eigenvalue weighted by atomic mass is 9.89. The zero-order valence-electron chi connectivity index (χ0n) is 13.1. The molecule has 21 heavy (non-hydrogen) atoms. The third kappa shape index (κ3) is 3.10. The normalized spacial score (nSPS) is 18.1. The molecule has 0 amide bonds. The first-order valence-electron chi connectivity index (χ1n) is 7.76. The summed E-state index contributed by atoms with van der Waals surface area (Å²) >= 11 is 0. The highest BCUT2D eigenvalue weighted by atomic mass is 16.5. The molecule has 0 fully saturated rings. The number of hydrogen-bond acceptors (Lipinski definition) is 2. The van der Waals surface area contributed by atoms with Crippen molar-refractivity contribution >= 4 is 0 Å². The summed E-state index contributed by atoms with van der Waals surface area (Å²) in [5.74, 6) is 0.740. The molecule has 0 bridgehead atoms. The standard InChI is InChI=1S/C19H23NO/c1-19(2,3)17-12-7-13-18(20-17)21-16-11-6-9-14-8-4-5-10-15(14)16/h4-5,7-8,10,12-13,16H,6,9,11H2,1-3H3. The monoisotopic (exact) mass is 281 g/mol. The molecule has 3 rings (SSSR count). The van der Waals surface area contributed by atoms with Gasteiger partial charge < -0.3 is 4.74 Å². The predicted molar refractivity (Wildman–Crippen MR) is 85.7 cm³/mol. The summed E-state index contributed by atoms with van der Waals surface area (Å²) in [7, 11) is 0. The Morgan fingerprint density at radius 2 is 1.86 bits per heavy atom. The summed E-state index contributed by atoms with van der Waals surface area (Å²) < 4.78 is 6.21. The summed E-state index contributed by atoms with van der Waals surface area (Å²) in [5, 5.41) is 0. The van der Waals surface area contributed by atoms with Crippen LogP contribution in [0.2, 0.25) is 0 Å². The Morgan fingerprint density at radius 3 is 2.67 bits per heavy atom. The van der Waals surface area contributed by atoms with Gasteiger partial charge in [-0.3, -0.25) is 0 Å². The molecule has 1 atom stereocenters. The molecule has 0 saturated carbocycles. The average Bonchev–Trinajstić information content (AvgIpc) is 2.47. The number of fused-ring (bicyclic) bond motifs is 1. The largest absolute Gasteiger partial charge is 0.469 e. The first-order valence-corrected chi connectivity index (χ1v) is 7.76. The second-order valence-electron chi connectivity index (χ2n) is 6.81. The number of pyridine rings is 1. The fourth-order valence-corrected chi connectivity index (χ4v) is 2.88. The van der Waals surface area contributed by atoms with E-state index in [1.54, 1.807) is 0 Å². The summed E-state index contributed by atoms with van der Waals surface area (Å²) in [4.78, 5) is 4.69. The van der Waals surface area contributed by atoms with Gasteiger partial charge >= 0.3 is 0 Å². The SMILES string of the molecule is CC(C)(C)c1cccc(OC2CCCc3ccccc32)n1. The number of ether oxygens (including phenoxy) is 1. The van der Waals surface area contributed by atoms with E-state index in [2.05, 4.69) is 56.1 Å². The molecule has 1 aliphatic rings. The van der Waals surface area contributed by atoms with Gasteiger partial charge in [0.2, 0.25) is 5.88 Å². The molecule has 1 aliphatic carbocycles. The van der Waals surface area contributed by atoms with E-state index in [1.165, 1.54) is 17.5 Å². The highest BCUT2D eigenvalue weighted by Crippen LogP contribution is 2.33. The minimum absolute atomic E-state index is 0.0455. The topological polar surface area (TPSA) is 22.1 Å². The predicted octanol–water partition coefficient (Wildman–Crippen LogP) is 4.84. The fourth-order valence-electron chi connectivity index (χ4n) is 2.88. The van der Waals surface area contributed by atoms with Gasteiger partial charge in [-0.2, -0.15) is 0 Å². The Kier molecular flexibility index (Phi) is 3.71. The molecule has 2 heteroatoms. The first kappa shape index (κ1) is 14.1. The number of nitrogens with zero attached hydrogens (tertiary/aromatic N) is 1. The maximum Gasteiger partial charge on any atom is 0.214 e. The minimum Gasteiger partial charge on any atom is -0.469 e. The maximum absolute atomic E-state index is 6.21. The van der Waals surface area contributed by atoms with E-state index >= 15 is 0 Å². The molecule has 110 valence electrons. The average molecular weight is 281 g/mol. The molecule has 1 aromatic carbocycles. The Hall–Kier alpha value is -1.83. The summed E-state index contributed by atoms with van der Waals surface area (Å²) in [6.45, 7) is 6.53. The van der Waals surface area contributed by atoms with Crippen LogP contribution in [-0.4, -0.2) is 4.98 Å². The summed E-state index contributed by atoms with van der Waals surface area (Å²) in [5.41, 5.74) is 3.86. The molecular formula is C19H23NO. The molecule has 0 saturated heterocycles. The number of benzene rings is 1. The third-order valence-electron chi connectivity index (χ3n) is 4.07. The molecule has 1 heterocycles. The highest BCUT2D eigenvalue weighted by molar-refractivity contribution is 5.32. The summed E-state index contributed by atoms with van der Waals surface area (Å²) in [6.07, 6.45) is 3.54. The minimum atomic E-state index is 0.0455.